The van der Waals surface area contributed by atoms with Crippen LogP contribution in [-0.4, -0.2) is 31.6 Å². The molecule has 5 nitrogen and oxygen atoms in total. The van der Waals surface area contributed by atoms with Crippen LogP contribution in [0.4, 0.5) is 18.9 Å². The molecule has 0 aliphatic heterocycles. The summed E-state index contributed by atoms with van der Waals surface area (Å²) >= 11 is 0. The number of hydrogen-bond acceptors (Lipinski definition) is 3. The monoisotopic (exact) mass is 290 g/mol. The Kier molecular flexibility index (Phi) is 5.09. The predicted molar refractivity (Wildman–Crippen MR) is 65.0 cm³/mol. The van der Waals surface area contributed by atoms with Crippen LogP contribution in [0.15, 0.2) is 24.3 Å². The van der Waals surface area contributed by atoms with Crippen molar-refractivity contribution in [3.05, 3.63) is 29.8 Å². The maximum absolute atomic E-state index is 11.9. The Hall–Kier alpha value is -2.09. The van der Waals surface area contributed by atoms with Gasteiger partial charge in [0.2, 0.25) is 5.91 Å². The number of halogens is 3. The Morgan fingerprint density at radius 2 is 1.90 bits per heavy atom. The van der Waals surface area contributed by atoms with Crippen LogP contribution in [0.5, 0.6) is 0 Å². The number of rotatable bonds is 4. The molecule has 0 saturated heterocycles. The van der Waals surface area contributed by atoms with Crippen LogP contribution in [-0.2, 0) is 9.63 Å². The lowest BCUT2D eigenvalue weighted by Crippen LogP contribution is -2.32. The van der Waals surface area contributed by atoms with E-state index in [1.54, 1.807) is 11.5 Å². The van der Waals surface area contributed by atoms with E-state index in [2.05, 4.69) is 4.84 Å². The Balaban J connectivity index is 2.81. The van der Waals surface area contributed by atoms with Crippen LogP contribution >= 0.6 is 0 Å². The minimum Gasteiger partial charge on any atom is -0.315 e. The van der Waals surface area contributed by atoms with Gasteiger partial charge in [0.1, 0.15) is 0 Å². The number of nitrogens with zero attached hydrogens (tertiary/aromatic N) is 1. The number of amides is 2. The zero-order chi connectivity index (χ0) is 15.3. The molecule has 0 saturated carbocycles. The van der Waals surface area contributed by atoms with Gasteiger partial charge in [-0.25, -0.2) is 5.48 Å². The zero-order valence-electron chi connectivity index (χ0n) is 10.8. The van der Waals surface area contributed by atoms with Crippen molar-refractivity contribution >= 4 is 17.5 Å². The van der Waals surface area contributed by atoms with Gasteiger partial charge in [-0.2, -0.15) is 13.2 Å². The van der Waals surface area contributed by atoms with Crippen molar-refractivity contribution in [1.82, 2.24) is 5.48 Å². The van der Waals surface area contributed by atoms with Gasteiger partial charge >= 0.3 is 6.18 Å². The number of hydrogen-bond donors (Lipinski definition) is 1. The molecule has 20 heavy (non-hydrogen) atoms. The molecule has 1 aromatic rings. The van der Waals surface area contributed by atoms with E-state index in [0.29, 0.717) is 0 Å². The summed E-state index contributed by atoms with van der Waals surface area (Å²) in [6, 6.07) is 6.00. The van der Waals surface area contributed by atoms with Gasteiger partial charge in [-0.1, -0.05) is 12.1 Å². The molecule has 1 N–H and O–H groups in total. The van der Waals surface area contributed by atoms with Crippen molar-refractivity contribution in [2.75, 3.05) is 18.6 Å². The topological polar surface area (TPSA) is 58.6 Å². The quantitative estimate of drug-likeness (QED) is 0.862. The Morgan fingerprint density at radius 1 is 1.30 bits per heavy atom. The van der Waals surface area contributed by atoms with E-state index < -0.39 is 18.7 Å². The van der Waals surface area contributed by atoms with E-state index in [1.807, 2.05) is 0 Å². The van der Waals surface area contributed by atoms with E-state index >= 15 is 0 Å². The molecule has 1 aromatic carbocycles. The van der Waals surface area contributed by atoms with E-state index in [0.717, 1.165) is 0 Å². The predicted octanol–water partition coefficient (Wildman–Crippen LogP) is 1.89. The first-order chi connectivity index (χ1) is 9.22. The largest absolute Gasteiger partial charge is 0.414 e. The van der Waals surface area contributed by atoms with Crippen LogP contribution in [0.3, 0.4) is 0 Å². The van der Waals surface area contributed by atoms with E-state index in [1.165, 1.54) is 37.1 Å². The van der Waals surface area contributed by atoms with Crippen molar-refractivity contribution in [1.29, 1.82) is 0 Å². The first-order valence-corrected chi connectivity index (χ1v) is 5.54. The van der Waals surface area contributed by atoms with Crippen LogP contribution < -0.4 is 10.4 Å². The third-order valence-corrected chi connectivity index (χ3v) is 2.38. The number of anilines is 1. The van der Waals surface area contributed by atoms with Gasteiger partial charge in [-0.05, 0) is 12.1 Å². The van der Waals surface area contributed by atoms with Crippen LogP contribution in [0.1, 0.15) is 17.3 Å². The first-order valence-electron chi connectivity index (χ1n) is 5.54. The highest BCUT2D eigenvalue weighted by Gasteiger charge is 2.28. The maximum Gasteiger partial charge on any atom is 0.414 e. The molecule has 0 spiro atoms. The third-order valence-electron chi connectivity index (χ3n) is 2.38. The molecule has 8 heteroatoms. The van der Waals surface area contributed by atoms with Crippen molar-refractivity contribution in [2.24, 2.45) is 0 Å². The third kappa shape index (κ3) is 4.54. The molecular formula is C12H13F3N2O3. The lowest BCUT2D eigenvalue weighted by Gasteiger charge is -2.18. The van der Waals surface area contributed by atoms with Crippen LogP contribution in [0, 0.1) is 0 Å². The minimum atomic E-state index is -4.54. The fourth-order valence-electron chi connectivity index (χ4n) is 1.37. The number of alkyl halides is 3. The molecule has 2 amide bonds. The van der Waals surface area contributed by atoms with Gasteiger partial charge in [-0.15, -0.1) is 0 Å². The second kappa shape index (κ2) is 6.38. The molecule has 0 aliphatic carbocycles. The molecule has 0 radical (unpaired) electrons. The van der Waals surface area contributed by atoms with Crippen LogP contribution in [0.25, 0.3) is 0 Å². The molecule has 110 valence electrons. The van der Waals surface area contributed by atoms with Crippen molar-refractivity contribution in [2.45, 2.75) is 13.1 Å². The summed E-state index contributed by atoms with van der Waals surface area (Å²) in [5, 5.41) is 0. The smallest absolute Gasteiger partial charge is 0.315 e. The molecular weight excluding hydrogens is 277 g/mol. The summed E-state index contributed by atoms with van der Waals surface area (Å²) in [7, 11) is 1.45. The summed E-state index contributed by atoms with van der Waals surface area (Å²) in [5.41, 5.74) is 2.00. The van der Waals surface area contributed by atoms with Crippen LogP contribution in [0.2, 0.25) is 0 Å². The summed E-state index contributed by atoms with van der Waals surface area (Å²) in [5.74, 6) is -1.18. The minimum absolute atomic E-state index is 0.0346. The number of benzene rings is 1. The number of carbonyl (C=O) groups is 2. The molecule has 0 bridgehead atoms. The summed E-state index contributed by atoms with van der Waals surface area (Å²) < 4.78 is 35.7. The second-order valence-corrected chi connectivity index (χ2v) is 3.93. The summed E-state index contributed by atoms with van der Waals surface area (Å²) in [4.78, 5) is 28.3. The van der Waals surface area contributed by atoms with Gasteiger partial charge in [0.05, 0.1) is 11.3 Å². The van der Waals surface area contributed by atoms with Gasteiger partial charge in [0, 0.05) is 14.0 Å². The van der Waals surface area contributed by atoms with Gasteiger partial charge in [0.25, 0.3) is 5.91 Å². The van der Waals surface area contributed by atoms with Crippen molar-refractivity contribution in [3.63, 3.8) is 0 Å². The summed E-state index contributed by atoms with van der Waals surface area (Å²) in [6.45, 7) is -0.293. The number of para-hydroxylation sites is 1. The van der Waals surface area contributed by atoms with Gasteiger partial charge in [0.15, 0.2) is 6.61 Å². The van der Waals surface area contributed by atoms with Crippen molar-refractivity contribution < 1.29 is 27.6 Å². The highest BCUT2D eigenvalue weighted by Crippen LogP contribution is 2.19. The second-order valence-electron chi connectivity index (χ2n) is 3.93. The molecule has 0 atom stereocenters. The average molecular weight is 290 g/mol. The Labute approximate surface area is 113 Å². The molecule has 0 aromatic heterocycles. The average Bonchev–Trinajstić information content (AvgIpc) is 2.36. The highest BCUT2D eigenvalue weighted by atomic mass is 19.4. The molecule has 0 heterocycles. The summed E-state index contributed by atoms with van der Waals surface area (Å²) in [6.07, 6.45) is -4.54. The van der Waals surface area contributed by atoms with E-state index in [-0.39, 0.29) is 17.2 Å². The maximum atomic E-state index is 11.9. The zero-order valence-corrected chi connectivity index (χ0v) is 10.8. The fraction of sp³-hybridized carbons (Fsp3) is 0.333. The van der Waals surface area contributed by atoms with Crippen molar-refractivity contribution in [3.8, 4) is 0 Å². The molecule has 1 rings (SSSR count). The normalized spacial score (nSPS) is 11.1. The lowest BCUT2D eigenvalue weighted by atomic mass is 10.1. The number of carbonyl (C=O) groups excluding carboxylic acids is 2. The highest BCUT2D eigenvalue weighted by molar-refractivity contribution is 6.03. The first kappa shape index (κ1) is 16.0. The lowest BCUT2D eigenvalue weighted by molar-refractivity contribution is -0.184. The molecule has 0 unspecified atom stereocenters. The Morgan fingerprint density at radius 3 is 2.45 bits per heavy atom. The number of hydroxylamine groups is 1. The molecule has 0 fully saturated rings. The Bertz CT molecular complexity index is 503. The van der Waals surface area contributed by atoms with Gasteiger partial charge < -0.3 is 4.90 Å². The SMILES string of the molecule is CC(=O)N(C)c1ccccc1C(=O)NOCC(F)(F)F. The van der Waals surface area contributed by atoms with E-state index in [4.69, 9.17) is 0 Å². The fourth-order valence-corrected chi connectivity index (χ4v) is 1.37. The standard InChI is InChI=1S/C12H13F3N2O3/c1-8(18)17(2)10-6-4-3-5-9(10)11(19)16-20-7-12(13,14)15/h3-6H,7H2,1-2H3,(H,16,19). The molecule has 0 aliphatic rings. The number of nitrogens with one attached hydrogen (secondary N) is 1. The van der Waals surface area contributed by atoms with Gasteiger partial charge in [-0.3, -0.25) is 14.4 Å². The van der Waals surface area contributed by atoms with E-state index in [9.17, 15) is 22.8 Å².